The minimum absolute atomic E-state index is 0.0663. The first-order valence-corrected chi connectivity index (χ1v) is 15.1. The molecule has 1 atom stereocenters. The normalized spacial score (nSPS) is 19.6. The second kappa shape index (κ2) is 10.3. The van der Waals surface area contributed by atoms with Gasteiger partial charge >= 0.3 is 6.18 Å². The maximum Gasteiger partial charge on any atom is 0.394 e. The molecule has 4 heterocycles. The molecule has 1 aliphatic heterocycles. The lowest BCUT2D eigenvalue weighted by Crippen LogP contribution is -2.41. The van der Waals surface area contributed by atoms with Gasteiger partial charge in [-0.3, -0.25) is 9.48 Å². The molecule has 0 aromatic carbocycles. The predicted molar refractivity (Wildman–Crippen MR) is 147 cm³/mol. The summed E-state index contributed by atoms with van der Waals surface area (Å²) in [6.45, 7) is 8.18. The molecule has 1 saturated heterocycles. The minimum atomic E-state index is -4.25. The topological polar surface area (TPSA) is 124 Å². The van der Waals surface area contributed by atoms with Gasteiger partial charge in [0.05, 0.1) is 29.5 Å². The molecule has 1 saturated carbocycles. The average Bonchev–Trinajstić information content (AvgIpc) is 3.27. The van der Waals surface area contributed by atoms with Crippen molar-refractivity contribution in [3.05, 3.63) is 41.9 Å². The van der Waals surface area contributed by atoms with Crippen LogP contribution in [0, 0.1) is 18.3 Å². The van der Waals surface area contributed by atoms with E-state index in [4.69, 9.17) is 9.72 Å². The van der Waals surface area contributed by atoms with E-state index in [-0.39, 0.29) is 53.6 Å². The fourth-order valence-corrected chi connectivity index (χ4v) is 6.74. The van der Waals surface area contributed by atoms with Crippen LogP contribution >= 0.6 is 0 Å². The lowest BCUT2D eigenvalue weighted by molar-refractivity contribution is -0.190. The van der Waals surface area contributed by atoms with Gasteiger partial charge in [0.25, 0.3) is 15.9 Å². The Morgan fingerprint density at radius 3 is 2.50 bits per heavy atom. The van der Waals surface area contributed by atoms with Gasteiger partial charge in [0, 0.05) is 31.4 Å². The number of nitrogens with one attached hydrogen (secondary N) is 1. The number of hydrogen-bond donors (Lipinski definition) is 1. The molecule has 2 fully saturated rings. The Morgan fingerprint density at radius 1 is 1.21 bits per heavy atom. The highest BCUT2D eigenvalue weighted by molar-refractivity contribution is 7.90. The number of sulfonamides is 1. The largest absolute Gasteiger partial charge is 0.477 e. The van der Waals surface area contributed by atoms with E-state index in [1.165, 1.54) is 33.8 Å². The molecular weight excluding hydrogens is 575 g/mol. The Kier molecular flexibility index (Phi) is 7.31. The van der Waals surface area contributed by atoms with Crippen LogP contribution in [0.4, 0.5) is 19.0 Å². The Balaban J connectivity index is 1.41. The van der Waals surface area contributed by atoms with Gasteiger partial charge in [-0.2, -0.15) is 18.3 Å². The van der Waals surface area contributed by atoms with Crippen LogP contribution in [-0.4, -0.2) is 63.7 Å². The second-order valence-electron chi connectivity index (χ2n) is 11.9. The standard InChI is InChI=1S/C27H34F3N7O4S/c1-17-14-25(3,4)36(16-17)23-19(24(38)34-42(39,40)20-15-31-35(5)18(20)2)6-7-21(32-23)37-12-8-22(33-37)41-13-11-26(9-10-26)27(28,29)30/h6-8,12,15,17H,9-11,13-14,16H2,1-5H3,(H,34,38)/t17-/m0/s1. The summed E-state index contributed by atoms with van der Waals surface area (Å²) in [5.41, 5.74) is -1.60. The maximum atomic E-state index is 13.4. The van der Waals surface area contributed by atoms with E-state index in [1.54, 1.807) is 20.2 Å². The van der Waals surface area contributed by atoms with Gasteiger partial charge < -0.3 is 9.64 Å². The molecule has 3 aromatic rings. The van der Waals surface area contributed by atoms with E-state index >= 15 is 0 Å². The third-order valence-corrected chi connectivity index (χ3v) is 9.66. The zero-order valence-electron chi connectivity index (χ0n) is 24.1. The highest BCUT2D eigenvalue weighted by atomic mass is 32.2. The molecule has 0 spiro atoms. The summed E-state index contributed by atoms with van der Waals surface area (Å²) in [7, 11) is -2.61. The number of amides is 1. The summed E-state index contributed by atoms with van der Waals surface area (Å²) in [4.78, 5) is 20.0. The summed E-state index contributed by atoms with van der Waals surface area (Å²) >= 11 is 0. The zero-order valence-corrected chi connectivity index (χ0v) is 24.9. The lowest BCUT2D eigenvalue weighted by atomic mass is 9.97. The van der Waals surface area contributed by atoms with Crippen molar-refractivity contribution >= 4 is 21.7 Å². The Hall–Kier alpha value is -3.62. The fraction of sp³-hybridized carbons (Fsp3) is 0.556. The third-order valence-electron chi connectivity index (χ3n) is 8.23. The number of carbonyl (C=O) groups excluding carboxylic acids is 1. The van der Waals surface area contributed by atoms with E-state index < -0.39 is 27.5 Å². The molecule has 2 aliphatic rings. The van der Waals surface area contributed by atoms with Crippen LogP contribution in [0.5, 0.6) is 5.88 Å². The van der Waals surface area contributed by atoms with Crippen LogP contribution in [-0.2, 0) is 17.1 Å². The molecule has 5 rings (SSSR count). The van der Waals surface area contributed by atoms with Crippen LogP contribution in [0.25, 0.3) is 5.82 Å². The highest BCUT2D eigenvalue weighted by Crippen LogP contribution is 2.59. The molecule has 42 heavy (non-hydrogen) atoms. The van der Waals surface area contributed by atoms with Crippen molar-refractivity contribution in [2.45, 2.75) is 70.0 Å². The molecule has 228 valence electrons. The van der Waals surface area contributed by atoms with E-state index in [0.29, 0.717) is 24.0 Å². The predicted octanol–water partition coefficient (Wildman–Crippen LogP) is 4.16. The molecular formula is C27H34F3N7O4S. The van der Waals surface area contributed by atoms with Crippen molar-refractivity contribution < 1.29 is 31.1 Å². The van der Waals surface area contributed by atoms with Crippen LogP contribution in [0.1, 0.15) is 62.5 Å². The van der Waals surface area contributed by atoms with Gasteiger partial charge in [-0.15, -0.1) is 5.10 Å². The Labute approximate surface area is 242 Å². The average molecular weight is 610 g/mol. The van der Waals surface area contributed by atoms with E-state index in [0.717, 1.165) is 6.42 Å². The molecule has 0 radical (unpaired) electrons. The number of pyridine rings is 1. The van der Waals surface area contributed by atoms with E-state index in [9.17, 15) is 26.4 Å². The molecule has 1 amide bonds. The third kappa shape index (κ3) is 5.57. The smallest absolute Gasteiger partial charge is 0.394 e. The van der Waals surface area contributed by atoms with Crippen molar-refractivity contribution in [1.82, 2.24) is 29.3 Å². The van der Waals surface area contributed by atoms with Gasteiger partial charge in [-0.05, 0) is 64.5 Å². The molecule has 15 heteroatoms. The summed E-state index contributed by atoms with van der Waals surface area (Å²) < 4.78 is 76.2. The van der Waals surface area contributed by atoms with Gasteiger partial charge in [0.1, 0.15) is 10.7 Å². The zero-order chi connectivity index (χ0) is 30.7. The number of aryl methyl sites for hydroxylation is 1. The Morgan fingerprint density at radius 2 is 1.93 bits per heavy atom. The highest BCUT2D eigenvalue weighted by Gasteiger charge is 2.62. The van der Waals surface area contributed by atoms with Gasteiger partial charge in [-0.1, -0.05) is 6.92 Å². The van der Waals surface area contributed by atoms with Crippen LogP contribution in [0.2, 0.25) is 0 Å². The number of rotatable bonds is 9. The number of alkyl halides is 3. The minimum Gasteiger partial charge on any atom is -0.477 e. The molecule has 0 unspecified atom stereocenters. The number of halogens is 3. The van der Waals surface area contributed by atoms with Crippen LogP contribution in [0.3, 0.4) is 0 Å². The van der Waals surface area contributed by atoms with Crippen molar-refractivity contribution in [2.75, 3.05) is 18.1 Å². The first-order chi connectivity index (χ1) is 19.5. The summed E-state index contributed by atoms with van der Waals surface area (Å²) in [6.07, 6.45) is -0.605. The SMILES string of the molecule is Cc1c(S(=O)(=O)NC(=O)c2ccc(-n3ccc(OCCC4(C(F)(F)F)CC4)n3)nc2N2C[C@@H](C)CC2(C)C)cnn1C. The fourth-order valence-electron chi connectivity index (χ4n) is 5.57. The second-order valence-corrected chi connectivity index (χ2v) is 13.6. The van der Waals surface area contributed by atoms with Crippen molar-refractivity contribution in [1.29, 1.82) is 0 Å². The first-order valence-electron chi connectivity index (χ1n) is 13.6. The summed E-state index contributed by atoms with van der Waals surface area (Å²) in [5, 5.41) is 8.27. The molecule has 1 N–H and O–H groups in total. The summed E-state index contributed by atoms with van der Waals surface area (Å²) in [5.74, 6) is 0.208. The number of carbonyl (C=O) groups is 1. The molecule has 0 bridgehead atoms. The quantitative estimate of drug-likeness (QED) is 0.384. The van der Waals surface area contributed by atoms with Gasteiger partial charge in [-0.25, -0.2) is 22.8 Å². The van der Waals surface area contributed by atoms with Crippen molar-refractivity contribution in [3.63, 3.8) is 0 Å². The number of nitrogens with zero attached hydrogens (tertiary/aromatic N) is 6. The maximum absolute atomic E-state index is 13.4. The van der Waals surface area contributed by atoms with Gasteiger partial charge in [0.2, 0.25) is 5.88 Å². The van der Waals surface area contributed by atoms with Crippen molar-refractivity contribution in [2.24, 2.45) is 18.4 Å². The number of hydrogen-bond acceptors (Lipinski definition) is 8. The number of anilines is 1. The lowest BCUT2D eigenvalue weighted by Gasteiger charge is -2.34. The number of aromatic nitrogens is 5. The first kappa shape index (κ1) is 29.9. The van der Waals surface area contributed by atoms with Crippen molar-refractivity contribution in [3.8, 4) is 11.7 Å². The number of ether oxygens (including phenoxy) is 1. The molecule has 1 aliphatic carbocycles. The molecule has 3 aromatic heterocycles. The summed E-state index contributed by atoms with van der Waals surface area (Å²) in [6, 6.07) is 4.53. The van der Waals surface area contributed by atoms with E-state index in [2.05, 4.69) is 21.8 Å². The van der Waals surface area contributed by atoms with Crippen LogP contribution < -0.4 is 14.4 Å². The van der Waals surface area contributed by atoms with Crippen LogP contribution in [0.15, 0.2) is 35.5 Å². The van der Waals surface area contributed by atoms with E-state index in [1.807, 2.05) is 18.7 Å². The Bertz CT molecular complexity index is 1610. The monoisotopic (exact) mass is 609 g/mol. The molecule has 11 nitrogen and oxygen atoms in total. The van der Waals surface area contributed by atoms with Gasteiger partial charge in [0.15, 0.2) is 5.82 Å².